The molecule has 100 valence electrons. The summed E-state index contributed by atoms with van der Waals surface area (Å²) in [5.41, 5.74) is 2.44. The minimum Gasteiger partial charge on any atom is -0.389 e. The van der Waals surface area contributed by atoms with Gasteiger partial charge in [0.15, 0.2) is 0 Å². The molecule has 0 saturated carbocycles. The van der Waals surface area contributed by atoms with Crippen LogP contribution < -0.4 is 4.90 Å². The second-order valence-corrected chi connectivity index (χ2v) is 5.92. The Labute approximate surface area is 110 Å². The number of aliphatic hydroxyl groups is 1. The molecule has 0 radical (unpaired) electrons. The van der Waals surface area contributed by atoms with E-state index in [1.807, 2.05) is 12.1 Å². The summed E-state index contributed by atoms with van der Waals surface area (Å²) >= 11 is 0. The first-order valence-corrected chi connectivity index (χ1v) is 6.64. The first kappa shape index (κ1) is 13.4. The van der Waals surface area contributed by atoms with E-state index in [4.69, 9.17) is 0 Å². The Bertz CT molecular complexity index is 397. The van der Waals surface area contributed by atoms with Gasteiger partial charge in [0.25, 0.3) is 0 Å². The highest BCUT2D eigenvalue weighted by atomic mass is 16.3. The van der Waals surface area contributed by atoms with Crippen LogP contribution in [0.25, 0.3) is 0 Å². The molecule has 1 aromatic rings. The number of aliphatic hydroxyl groups excluding tert-OH is 1. The SMILES string of the molecule is C[C@H](O)c1ccc(N2CCN(C)C(C)(C)C2)cc1. The number of hydrogen-bond acceptors (Lipinski definition) is 3. The summed E-state index contributed by atoms with van der Waals surface area (Å²) in [5, 5.41) is 9.52. The number of anilines is 1. The van der Waals surface area contributed by atoms with E-state index in [9.17, 15) is 5.11 Å². The van der Waals surface area contributed by atoms with Crippen LogP contribution in [0, 0.1) is 0 Å². The average molecular weight is 248 g/mol. The molecule has 0 unspecified atom stereocenters. The van der Waals surface area contributed by atoms with Crippen molar-refractivity contribution in [3.63, 3.8) is 0 Å². The van der Waals surface area contributed by atoms with Crippen molar-refractivity contribution in [2.45, 2.75) is 32.4 Å². The minimum absolute atomic E-state index is 0.210. The lowest BCUT2D eigenvalue weighted by Gasteiger charge is -2.46. The molecular formula is C15H24N2O. The molecule has 1 aliphatic heterocycles. The van der Waals surface area contributed by atoms with Gasteiger partial charge in [-0.3, -0.25) is 4.90 Å². The van der Waals surface area contributed by atoms with E-state index in [-0.39, 0.29) is 11.6 Å². The van der Waals surface area contributed by atoms with Crippen LogP contribution in [-0.4, -0.2) is 42.2 Å². The van der Waals surface area contributed by atoms with E-state index in [1.165, 1.54) is 5.69 Å². The second-order valence-electron chi connectivity index (χ2n) is 5.92. The van der Waals surface area contributed by atoms with Gasteiger partial charge in [0.2, 0.25) is 0 Å². The first-order valence-electron chi connectivity index (χ1n) is 6.64. The Hall–Kier alpha value is -1.06. The monoisotopic (exact) mass is 248 g/mol. The van der Waals surface area contributed by atoms with Crippen LogP contribution in [0.5, 0.6) is 0 Å². The van der Waals surface area contributed by atoms with Crippen LogP contribution in [0.2, 0.25) is 0 Å². The lowest BCUT2D eigenvalue weighted by Crippen LogP contribution is -2.57. The number of rotatable bonds is 2. The number of nitrogens with zero attached hydrogens (tertiary/aromatic N) is 2. The summed E-state index contributed by atoms with van der Waals surface area (Å²) in [6, 6.07) is 8.27. The van der Waals surface area contributed by atoms with Gasteiger partial charge in [0.1, 0.15) is 0 Å². The summed E-state index contributed by atoms with van der Waals surface area (Å²) in [7, 11) is 2.19. The molecule has 3 heteroatoms. The molecule has 1 atom stereocenters. The molecule has 0 amide bonds. The normalized spacial score (nSPS) is 21.9. The molecule has 0 aliphatic carbocycles. The van der Waals surface area contributed by atoms with Crippen LogP contribution in [-0.2, 0) is 0 Å². The fourth-order valence-corrected chi connectivity index (χ4v) is 2.42. The van der Waals surface area contributed by atoms with E-state index in [2.05, 4.69) is 42.8 Å². The number of piperazine rings is 1. The molecule has 1 fully saturated rings. The van der Waals surface area contributed by atoms with E-state index in [0.29, 0.717) is 0 Å². The van der Waals surface area contributed by atoms with Crippen LogP contribution in [0.4, 0.5) is 5.69 Å². The maximum atomic E-state index is 9.52. The Morgan fingerprint density at radius 1 is 1.17 bits per heavy atom. The maximum absolute atomic E-state index is 9.52. The topological polar surface area (TPSA) is 26.7 Å². The predicted molar refractivity (Wildman–Crippen MR) is 76.0 cm³/mol. The van der Waals surface area contributed by atoms with E-state index < -0.39 is 0 Å². The Morgan fingerprint density at radius 2 is 1.78 bits per heavy atom. The smallest absolute Gasteiger partial charge is 0.0761 e. The average Bonchev–Trinajstić information content (AvgIpc) is 2.33. The van der Waals surface area contributed by atoms with Crippen molar-refractivity contribution in [2.75, 3.05) is 31.6 Å². The standard InChI is InChI=1S/C15H24N2O/c1-12(18)13-5-7-14(8-6-13)17-10-9-16(4)15(2,3)11-17/h5-8,12,18H,9-11H2,1-4H3/t12-/m0/s1. The fraction of sp³-hybridized carbons (Fsp3) is 0.600. The van der Waals surface area contributed by atoms with Gasteiger partial charge in [-0.1, -0.05) is 12.1 Å². The third kappa shape index (κ3) is 2.68. The molecule has 0 aromatic heterocycles. The van der Waals surface area contributed by atoms with Gasteiger partial charge in [-0.25, -0.2) is 0 Å². The maximum Gasteiger partial charge on any atom is 0.0761 e. The van der Waals surface area contributed by atoms with Crippen molar-refractivity contribution in [3.8, 4) is 0 Å². The summed E-state index contributed by atoms with van der Waals surface area (Å²) in [6.07, 6.45) is -0.386. The quantitative estimate of drug-likeness (QED) is 0.870. The summed E-state index contributed by atoms with van der Waals surface area (Å²) in [5.74, 6) is 0. The Kier molecular flexibility index (Phi) is 3.64. The van der Waals surface area contributed by atoms with Crippen molar-refractivity contribution in [2.24, 2.45) is 0 Å². The van der Waals surface area contributed by atoms with Gasteiger partial charge in [0, 0.05) is 30.9 Å². The molecule has 0 spiro atoms. The highest BCUT2D eigenvalue weighted by Crippen LogP contribution is 2.25. The van der Waals surface area contributed by atoms with Crippen molar-refractivity contribution in [1.29, 1.82) is 0 Å². The molecule has 3 nitrogen and oxygen atoms in total. The molecule has 1 N–H and O–H groups in total. The van der Waals surface area contributed by atoms with Crippen LogP contribution >= 0.6 is 0 Å². The predicted octanol–water partition coefficient (Wildman–Crippen LogP) is 2.27. The van der Waals surface area contributed by atoms with Gasteiger partial charge in [-0.15, -0.1) is 0 Å². The van der Waals surface area contributed by atoms with E-state index in [0.717, 1.165) is 25.2 Å². The van der Waals surface area contributed by atoms with Crippen molar-refractivity contribution in [3.05, 3.63) is 29.8 Å². The number of likely N-dealkylation sites (N-methyl/N-ethyl adjacent to an activating group) is 1. The number of benzene rings is 1. The highest BCUT2D eigenvalue weighted by molar-refractivity contribution is 5.49. The van der Waals surface area contributed by atoms with Crippen LogP contribution in [0.3, 0.4) is 0 Å². The van der Waals surface area contributed by atoms with Gasteiger partial charge < -0.3 is 10.0 Å². The van der Waals surface area contributed by atoms with Gasteiger partial charge in [0.05, 0.1) is 6.10 Å². The Morgan fingerprint density at radius 3 is 2.28 bits per heavy atom. The van der Waals surface area contributed by atoms with Gasteiger partial charge in [-0.2, -0.15) is 0 Å². The van der Waals surface area contributed by atoms with Crippen LogP contribution in [0.15, 0.2) is 24.3 Å². The molecule has 1 aromatic carbocycles. The molecule has 1 heterocycles. The minimum atomic E-state index is -0.386. The molecule has 1 aliphatic rings. The van der Waals surface area contributed by atoms with Crippen molar-refractivity contribution < 1.29 is 5.11 Å². The number of hydrogen-bond donors (Lipinski definition) is 1. The second kappa shape index (κ2) is 4.90. The zero-order valence-electron chi connectivity index (χ0n) is 11.8. The third-order valence-corrected chi connectivity index (χ3v) is 4.06. The van der Waals surface area contributed by atoms with Crippen molar-refractivity contribution in [1.82, 2.24) is 4.90 Å². The Balaban J connectivity index is 2.13. The summed E-state index contributed by atoms with van der Waals surface area (Å²) in [6.45, 7) is 9.55. The molecule has 1 saturated heterocycles. The third-order valence-electron chi connectivity index (χ3n) is 4.06. The zero-order chi connectivity index (χ0) is 13.3. The lowest BCUT2D eigenvalue weighted by atomic mass is 9.99. The van der Waals surface area contributed by atoms with E-state index in [1.54, 1.807) is 6.92 Å². The summed E-state index contributed by atoms with van der Waals surface area (Å²) < 4.78 is 0. The van der Waals surface area contributed by atoms with Gasteiger partial charge >= 0.3 is 0 Å². The fourth-order valence-electron chi connectivity index (χ4n) is 2.42. The largest absolute Gasteiger partial charge is 0.389 e. The highest BCUT2D eigenvalue weighted by Gasteiger charge is 2.30. The first-order chi connectivity index (χ1) is 8.40. The molecule has 18 heavy (non-hydrogen) atoms. The van der Waals surface area contributed by atoms with Gasteiger partial charge in [-0.05, 0) is 45.5 Å². The molecular weight excluding hydrogens is 224 g/mol. The lowest BCUT2D eigenvalue weighted by molar-refractivity contribution is 0.139. The van der Waals surface area contributed by atoms with Crippen LogP contribution in [0.1, 0.15) is 32.4 Å². The summed E-state index contributed by atoms with van der Waals surface area (Å²) in [4.78, 5) is 4.83. The molecule has 0 bridgehead atoms. The van der Waals surface area contributed by atoms with E-state index >= 15 is 0 Å². The van der Waals surface area contributed by atoms with Crippen molar-refractivity contribution >= 4 is 5.69 Å². The zero-order valence-corrected chi connectivity index (χ0v) is 11.8. The molecule has 2 rings (SSSR count).